The van der Waals surface area contributed by atoms with Crippen LogP contribution in [-0.2, 0) is 6.42 Å². The summed E-state index contributed by atoms with van der Waals surface area (Å²) in [5.74, 6) is 0. The maximum absolute atomic E-state index is 10.4. The number of carbonyl (C=O) groups is 1. The van der Waals surface area contributed by atoms with E-state index in [0.717, 1.165) is 31.1 Å². The molecule has 0 aliphatic rings. The highest BCUT2D eigenvalue weighted by atomic mass is 16.1. The van der Waals surface area contributed by atoms with E-state index in [1.165, 1.54) is 5.56 Å². The minimum absolute atomic E-state index is 0.748. The molecule has 1 rings (SSSR count). The van der Waals surface area contributed by atoms with Crippen molar-refractivity contribution in [1.29, 1.82) is 0 Å². The van der Waals surface area contributed by atoms with E-state index in [1.807, 2.05) is 24.3 Å². The van der Waals surface area contributed by atoms with Crippen LogP contribution in [0.25, 0.3) is 0 Å². The van der Waals surface area contributed by atoms with Gasteiger partial charge in [-0.1, -0.05) is 43.3 Å². The summed E-state index contributed by atoms with van der Waals surface area (Å²) < 4.78 is 0. The highest BCUT2D eigenvalue weighted by Crippen LogP contribution is 2.05. The summed E-state index contributed by atoms with van der Waals surface area (Å²) >= 11 is 0. The first-order valence-corrected chi connectivity index (χ1v) is 5.06. The maximum Gasteiger partial charge on any atom is 0.150 e. The normalized spacial score (nSPS) is 10.6. The minimum Gasteiger partial charge on any atom is -0.298 e. The number of hydrogen-bond donors (Lipinski definition) is 0. The number of allylic oxidation sites excluding steroid dienone is 2. The zero-order valence-corrected chi connectivity index (χ0v) is 8.57. The standard InChI is InChI=1S/C13H16O/c1-2-3-4-5-6-12-7-9-13(11-14)10-8-12/h3-4,7-11H,2,5-6H2,1H3/b4-3+. The summed E-state index contributed by atoms with van der Waals surface area (Å²) in [5.41, 5.74) is 2.04. The van der Waals surface area contributed by atoms with Crippen LogP contribution < -0.4 is 0 Å². The summed E-state index contributed by atoms with van der Waals surface area (Å²) in [7, 11) is 0. The highest BCUT2D eigenvalue weighted by Gasteiger charge is 1.91. The molecule has 14 heavy (non-hydrogen) atoms. The van der Waals surface area contributed by atoms with Gasteiger partial charge in [-0.15, -0.1) is 0 Å². The topological polar surface area (TPSA) is 17.1 Å². The van der Waals surface area contributed by atoms with Gasteiger partial charge in [-0.25, -0.2) is 0 Å². The molecule has 0 aromatic heterocycles. The van der Waals surface area contributed by atoms with Gasteiger partial charge in [0.05, 0.1) is 0 Å². The van der Waals surface area contributed by atoms with E-state index < -0.39 is 0 Å². The lowest BCUT2D eigenvalue weighted by atomic mass is 10.1. The first-order chi connectivity index (χ1) is 6.86. The Hall–Kier alpha value is -1.37. The molecule has 0 unspecified atom stereocenters. The van der Waals surface area contributed by atoms with Gasteiger partial charge in [-0.3, -0.25) is 4.79 Å². The SMILES string of the molecule is CC/C=C/CCc1ccc(C=O)cc1. The van der Waals surface area contributed by atoms with Crippen molar-refractivity contribution in [1.82, 2.24) is 0 Å². The Morgan fingerprint density at radius 2 is 1.86 bits per heavy atom. The van der Waals surface area contributed by atoms with Crippen molar-refractivity contribution in [3.05, 3.63) is 47.5 Å². The zero-order chi connectivity index (χ0) is 10.2. The predicted octanol–water partition coefficient (Wildman–Crippen LogP) is 3.40. The molecule has 0 aliphatic heterocycles. The lowest BCUT2D eigenvalue weighted by Crippen LogP contribution is -1.85. The Morgan fingerprint density at radius 3 is 2.43 bits per heavy atom. The summed E-state index contributed by atoms with van der Waals surface area (Å²) in [6, 6.07) is 7.77. The van der Waals surface area contributed by atoms with Crippen molar-refractivity contribution in [2.24, 2.45) is 0 Å². The van der Waals surface area contributed by atoms with Crippen LogP contribution in [0.3, 0.4) is 0 Å². The molecule has 1 aromatic rings. The fourth-order valence-electron chi connectivity index (χ4n) is 1.30. The van der Waals surface area contributed by atoms with Crippen molar-refractivity contribution in [2.75, 3.05) is 0 Å². The molecule has 0 spiro atoms. The van der Waals surface area contributed by atoms with Crippen molar-refractivity contribution in [3.63, 3.8) is 0 Å². The van der Waals surface area contributed by atoms with E-state index >= 15 is 0 Å². The van der Waals surface area contributed by atoms with E-state index in [1.54, 1.807) is 0 Å². The van der Waals surface area contributed by atoms with Gasteiger partial charge >= 0.3 is 0 Å². The van der Waals surface area contributed by atoms with Crippen LogP contribution in [0.4, 0.5) is 0 Å². The summed E-state index contributed by atoms with van der Waals surface area (Å²) in [4.78, 5) is 10.4. The molecule has 0 heterocycles. The van der Waals surface area contributed by atoms with E-state index in [0.29, 0.717) is 0 Å². The van der Waals surface area contributed by atoms with E-state index in [-0.39, 0.29) is 0 Å². The van der Waals surface area contributed by atoms with Crippen molar-refractivity contribution in [3.8, 4) is 0 Å². The van der Waals surface area contributed by atoms with Crippen LogP contribution in [-0.4, -0.2) is 6.29 Å². The summed E-state index contributed by atoms with van der Waals surface area (Å²) in [6.07, 6.45) is 8.49. The number of aldehydes is 1. The number of benzene rings is 1. The fraction of sp³-hybridized carbons (Fsp3) is 0.308. The largest absolute Gasteiger partial charge is 0.298 e. The Balaban J connectivity index is 2.43. The third kappa shape index (κ3) is 3.56. The molecule has 1 heteroatoms. The Bertz CT molecular complexity index is 296. The molecule has 1 nitrogen and oxygen atoms in total. The van der Waals surface area contributed by atoms with Gasteiger partial charge < -0.3 is 0 Å². The lowest BCUT2D eigenvalue weighted by Gasteiger charge is -1.97. The molecular formula is C13H16O. The average Bonchev–Trinajstić information content (AvgIpc) is 2.25. The first-order valence-electron chi connectivity index (χ1n) is 5.06. The van der Waals surface area contributed by atoms with E-state index in [4.69, 9.17) is 0 Å². The fourth-order valence-corrected chi connectivity index (χ4v) is 1.30. The Kier molecular flexibility index (Phi) is 4.70. The van der Waals surface area contributed by atoms with Gasteiger partial charge in [0.1, 0.15) is 6.29 Å². The minimum atomic E-state index is 0.748. The van der Waals surface area contributed by atoms with Gasteiger partial charge in [0.15, 0.2) is 0 Å². The van der Waals surface area contributed by atoms with E-state index in [2.05, 4.69) is 19.1 Å². The Morgan fingerprint density at radius 1 is 1.14 bits per heavy atom. The van der Waals surface area contributed by atoms with Gasteiger partial charge in [-0.05, 0) is 24.8 Å². The van der Waals surface area contributed by atoms with Crippen LogP contribution in [0.2, 0.25) is 0 Å². The predicted molar refractivity (Wildman–Crippen MR) is 59.6 cm³/mol. The third-order valence-electron chi connectivity index (χ3n) is 2.12. The quantitative estimate of drug-likeness (QED) is 0.511. The van der Waals surface area contributed by atoms with Crippen LogP contribution >= 0.6 is 0 Å². The molecule has 0 saturated carbocycles. The van der Waals surface area contributed by atoms with Crippen LogP contribution in [0.15, 0.2) is 36.4 Å². The molecule has 0 aliphatic carbocycles. The highest BCUT2D eigenvalue weighted by molar-refractivity contribution is 5.74. The van der Waals surface area contributed by atoms with Crippen LogP contribution in [0.1, 0.15) is 35.7 Å². The number of carbonyl (C=O) groups excluding carboxylic acids is 1. The number of aryl methyl sites for hydroxylation is 1. The average molecular weight is 188 g/mol. The van der Waals surface area contributed by atoms with Gasteiger partial charge in [0.25, 0.3) is 0 Å². The van der Waals surface area contributed by atoms with Crippen molar-refractivity contribution < 1.29 is 4.79 Å². The number of hydrogen-bond acceptors (Lipinski definition) is 1. The van der Waals surface area contributed by atoms with E-state index in [9.17, 15) is 4.79 Å². The molecule has 0 amide bonds. The van der Waals surface area contributed by atoms with Crippen LogP contribution in [0, 0.1) is 0 Å². The molecule has 74 valence electrons. The molecular weight excluding hydrogens is 172 g/mol. The molecule has 0 N–H and O–H groups in total. The smallest absolute Gasteiger partial charge is 0.150 e. The second kappa shape index (κ2) is 6.14. The maximum atomic E-state index is 10.4. The van der Waals surface area contributed by atoms with Gasteiger partial charge in [-0.2, -0.15) is 0 Å². The van der Waals surface area contributed by atoms with Crippen molar-refractivity contribution in [2.45, 2.75) is 26.2 Å². The molecule has 0 saturated heterocycles. The summed E-state index contributed by atoms with van der Waals surface area (Å²) in [6.45, 7) is 2.13. The second-order valence-corrected chi connectivity index (χ2v) is 3.28. The first kappa shape index (κ1) is 10.7. The molecule has 0 bridgehead atoms. The van der Waals surface area contributed by atoms with Crippen molar-refractivity contribution >= 4 is 6.29 Å². The monoisotopic (exact) mass is 188 g/mol. The van der Waals surface area contributed by atoms with Gasteiger partial charge in [0.2, 0.25) is 0 Å². The number of rotatable bonds is 5. The lowest BCUT2D eigenvalue weighted by molar-refractivity contribution is 0.112. The third-order valence-corrected chi connectivity index (χ3v) is 2.12. The second-order valence-electron chi connectivity index (χ2n) is 3.28. The zero-order valence-electron chi connectivity index (χ0n) is 8.57. The molecule has 0 radical (unpaired) electrons. The van der Waals surface area contributed by atoms with Crippen LogP contribution in [0.5, 0.6) is 0 Å². The Labute approximate surface area is 85.5 Å². The summed E-state index contributed by atoms with van der Waals surface area (Å²) in [5, 5.41) is 0. The molecule has 1 aromatic carbocycles. The van der Waals surface area contributed by atoms with Gasteiger partial charge in [0, 0.05) is 5.56 Å². The molecule has 0 fully saturated rings. The molecule has 0 atom stereocenters.